The third-order valence-electron chi connectivity index (χ3n) is 2.05. The zero-order chi connectivity index (χ0) is 13.1. The van der Waals surface area contributed by atoms with E-state index in [1.165, 1.54) is 6.26 Å². The molecule has 0 aromatic carbocycles. The normalized spacial score (nSPS) is 15.1. The molecule has 17 heavy (non-hydrogen) atoms. The van der Waals surface area contributed by atoms with Crippen molar-refractivity contribution >= 4 is 6.09 Å². The van der Waals surface area contributed by atoms with Crippen molar-refractivity contribution in [2.24, 2.45) is 0 Å². The van der Waals surface area contributed by atoms with E-state index in [2.05, 4.69) is 5.32 Å². The van der Waals surface area contributed by atoms with E-state index in [4.69, 9.17) is 9.15 Å². The van der Waals surface area contributed by atoms with Crippen LogP contribution in [0.4, 0.5) is 4.79 Å². The number of alkyl carbamates (subject to hydrolysis) is 1. The van der Waals surface area contributed by atoms with Crippen molar-refractivity contribution in [1.82, 2.24) is 5.32 Å². The maximum Gasteiger partial charge on any atom is 0.407 e. The number of carbonyl (C=O) groups excluding carboxylic acids is 1. The van der Waals surface area contributed by atoms with Gasteiger partial charge in [0.25, 0.3) is 0 Å². The lowest BCUT2D eigenvalue weighted by Crippen LogP contribution is -2.40. The number of hydrogen-bond acceptors (Lipinski definition) is 4. The van der Waals surface area contributed by atoms with Crippen molar-refractivity contribution in [3.05, 3.63) is 24.2 Å². The van der Waals surface area contributed by atoms with Gasteiger partial charge in [-0.1, -0.05) is 0 Å². The minimum Gasteiger partial charge on any atom is -0.467 e. The van der Waals surface area contributed by atoms with Crippen molar-refractivity contribution in [2.45, 2.75) is 45.4 Å². The zero-order valence-electron chi connectivity index (χ0n) is 10.6. The summed E-state index contributed by atoms with van der Waals surface area (Å²) in [6.45, 7) is 7.01. The van der Waals surface area contributed by atoms with Crippen LogP contribution in [0.15, 0.2) is 22.8 Å². The van der Waals surface area contributed by atoms with Gasteiger partial charge in [-0.3, -0.25) is 0 Å². The van der Waals surface area contributed by atoms with Gasteiger partial charge in [0, 0.05) is 0 Å². The van der Waals surface area contributed by atoms with Gasteiger partial charge in [0.15, 0.2) is 0 Å². The Morgan fingerprint density at radius 2 is 2.18 bits per heavy atom. The second-order valence-corrected chi connectivity index (χ2v) is 4.90. The highest BCUT2D eigenvalue weighted by atomic mass is 16.6. The molecule has 0 saturated heterocycles. The summed E-state index contributed by atoms with van der Waals surface area (Å²) in [6.07, 6.45) is 0.0202. The van der Waals surface area contributed by atoms with Crippen molar-refractivity contribution in [2.75, 3.05) is 0 Å². The highest BCUT2D eigenvalue weighted by molar-refractivity contribution is 5.68. The lowest BCUT2D eigenvalue weighted by molar-refractivity contribution is 0.0415. The predicted molar refractivity (Wildman–Crippen MR) is 62.5 cm³/mol. The highest BCUT2D eigenvalue weighted by Gasteiger charge is 2.23. The first-order valence-corrected chi connectivity index (χ1v) is 5.50. The minimum absolute atomic E-state index is 0.411. The summed E-state index contributed by atoms with van der Waals surface area (Å²) < 4.78 is 10.1. The molecule has 0 spiro atoms. The topological polar surface area (TPSA) is 71.7 Å². The molecule has 1 aromatic rings. The lowest BCUT2D eigenvalue weighted by Gasteiger charge is -2.23. The second kappa shape index (κ2) is 5.23. The van der Waals surface area contributed by atoms with Crippen LogP contribution in [0.2, 0.25) is 0 Å². The van der Waals surface area contributed by atoms with E-state index in [1.54, 1.807) is 39.8 Å². The maximum atomic E-state index is 11.5. The fraction of sp³-hybridized carbons (Fsp3) is 0.583. The standard InChI is InChI=1S/C12H19NO4/c1-8(10(14)9-6-5-7-16-9)13-11(15)17-12(2,3)4/h5-8,10,14H,1-4H3,(H,13,15). The van der Waals surface area contributed by atoms with E-state index in [1.807, 2.05) is 0 Å². The summed E-state index contributed by atoms with van der Waals surface area (Å²) in [4.78, 5) is 11.5. The summed E-state index contributed by atoms with van der Waals surface area (Å²) in [7, 11) is 0. The van der Waals surface area contributed by atoms with Crippen LogP contribution in [0.25, 0.3) is 0 Å². The van der Waals surface area contributed by atoms with Gasteiger partial charge in [-0.15, -0.1) is 0 Å². The van der Waals surface area contributed by atoms with E-state index in [-0.39, 0.29) is 0 Å². The molecule has 0 fully saturated rings. The van der Waals surface area contributed by atoms with Crippen LogP contribution in [0.1, 0.15) is 39.6 Å². The van der Waals surface area contributed by atoms with E-state index < -0.39 is 23.8 Å². The number of ether oxygens (including phenoxy) is 1. The molecule has 96 valence electrons. The van der Waals surface area contributed by atoms with E-state index in [9.17, 15) is 9.90 Å². The molecule has 0 radical (unpaired) electrons. The van der Waals surface area contributed by atoms with Gasteiger partial charge in [-0.05, 0) is 39.8 Å². The van der Waals surface area contributed by atoms with Crippen LogP contribution in [0.5, 0.6) is 0 Å². The van der Waals surface area contributed by atoms with Gasteiger partial charge < -0.3 is 19.6 Å². The van der Waals surface area contributed by atoms with Crippen molar-refractivity contribution in [1.29, 1.82) is 0 Å². The Hall–Kier alpha value is -1.49. The molecule has 1 aromatic heterocycles. The largest absolute Gasteiger partial charge is 0.467 e. The predicted octanol–water partition coefficient (Wildman–Crippen LogP) is 2.23. The van der Waals surface area contributed by atoms with E-state index in [0.29, 0.717) is 5.76 Å². The van der Waals surface area contributed by atoms with Crippen molar-refractivity contribution < 1.29 is 19.1 Å². The number of furan rings is 1. The highest BCUT2D eigenvalue weighted by Crippen LogP contribution is 2.17. The van der Waals surface area contributed by atoms with Crippen LogP contribution in [0.3, 0.4) is 0 Å². The fourth-order valence-corrected chi connectivity index (χ4v) is 1.28. The third-order valence-corrected chi connectivity index (χ3v) is 2.05. The third kappa shape index (κ3) is 4.48. The molecular weight excluding hydrogens is 222 g/mol. The minimum atomic E-state index is -0.891. The van der Waals surface area contributed by atoms with Crippen molar-refractivity contribution in [3.63, 3.8) is 0 Å². The molecule has 1 heterocycles. The quantitative estimate of drug-likeness (QED) is 0.851. The Labute approximate surface area is 101 Å². The van der Waals surface area contributed by atoms with Crippen LogP contribution >= 0.6 is 0 Å². The van der Waals surface area contributed by atoms with Gasteiger partial charge in [0.2, 0.25) is 0 Å². The first-order valence-electron chi connectivity index (χ1n) is 5.50. The molecule has 0 aliphatic carbocycles. The Bertz CT molecular complexity index is 353. The van der Waals surface area contributed by atoms with Crippen LogP contribution in [-0.2, 0) is 4.74 Å². The first kappa shape index (κ1) is 13.6. The summed E-state index contributed by atoms with van der Waals surface area (Å²) in [5.41, 5.74) is -0.556. The first-order chi connectivity index (χ1) is 7.79. The molecule has 2 atom stereocenters. The molecule has 2 unspecified atom stereocenters. The number of amides is 1. The number of aliphatic hydroxyl groups is 1. The van der Waals surface area contributed by atoms with Gasteiger partial charge in [0.05, 0.1) is 12.3 Å². The molecule has 0 aliphatic rings. The van der Waals surface area contributed by atoms with Crippen LogP contribution in [0, 0.1) is 0 Å². The number of nitrogens with one attached hydrogen (secondary N) is 1. The maximum absolute atomic E-state index is 11.5. The fourth-order valence-electron chi connectivity index (χ4n) is 1.28. The molecule has 0 aliphatic heterocycles. The molecule has 5 nitrogen and oxygen atoms in total. The second-order valence-electron chi connectivity index (χ2n) is 4.90. The Morgan fingerprint density at radius 3 is 2.65 bits per heavy atom. The van der Waals surface area contributed by atoms with Crippen LogP contribution < -0.4 is 5.32 Å². The molecule has 0 saturated carbocycles. The Kier molecular flexibility index (Phi) is 4.17. The van der Waals surface area contributed by atoms with Crippen molar-refractivity contribution in [3.8, 4) is 0 Å². The molecule has 2 N–H and O–H groups in total. The molecular formula is C12H19NO4. The summed E-state index contributed by atoms with van der Waals surface area (Å²) >= 11 is 0. The summed E-state index contributed by atoms with van der Waals surface area (Å²) in [5, 5.41) is 12.4. The van der Waals surface area contributed by atoms with Gasteiger partial charge >= 0.3 is 6.09 Å². The monoisotopic (exact) mass is 241 g/mol. The van der Waals surface area contributed by atoms with E-state index in [0.717, 1.165) is 0 Å². The molecule has 1 rings (SSSR count). The number of rotatable bonds is 3. The Morgan fingerprint density at radius 1 is 1.53 bits per heavy atom. The zero-order valence-corrected chi connectivity index (χ0v) is 10.6. The smallest absolute Gasteiger partial charge is 0.407 e. The van der Waals surface area contributed by atoms with Gasteiger partial charge in [0.1, 0.15) is 17.5 Å². The summed E-state index contributed by atoms with van der Waals surface area (Å²) in [5.74, 6) is 0.411. The molecule has 0 bridgehead atoms. The number of hydrogen-bond donors (Lipinski definition) is 2. The lowest BCUT2D eigenvalue weighted by atomic mass is 10.1. The molecule has 1 amide bonds. The number of carbonyl (C=O) groups is 1. The Balaban J connectivity index is 2.49. The molecule has 5 heteroatoms. The SMILES string of the molecule is CC(NC(=O)OC(C)(C)C)C(O)c1ccco1. The average Bonchev–Trinajstić information content (AvgIpc) is 2.65. The van der Waals surface area contributed by atoms with Gasteiger partial charge in [-0.25, -0.2) is 4.79 Å². The average molecular weight is 241 g/mol. The van der Waals surface area contributed by atoms with E-state index >= 15 is 0 Å². The number of aliphatic hydroxyl groups excluding tert-OH is 1. The van der Waals surface area contributed by atoms with Crippen LogP contribution in [-0.4, -0.2) is 22.8 Å². The summed E-state index contributed by atoms with van der Waals surface area (Å²) in [6, 6.07) is 2.84. The van der Waals surface area contributed by atoms with Gasteiger partial charge in [-0.2, -0.15) is 0 Å².